The maximum absolute atomic E-state index is 13.0. The molecular weight excluding hydrogens is 243 g/mol. The van der Waals surface area contributed by atoms with Gasteiger partial charge >= 0.3 is 0 Å². The van der Waals surface area contributed by atoms with Gasteiger partial charge in [-0.1, -0.05) is 0 Å². The Bertz CT molecular complexity index is 357. The van der Waals surface area contributed by atoms with Gasteiger partial charge in [0.1, 0.15) is 10.3 Å². The lowest BCUT2D eigenvalue weighted by molar-refractivity contribution is -0.385. The second kappa shape index (κ2) is 3.80. The van der Waals surface area contributed by atoms with E-state index in [-0.39, 0.29) is 16.7 Å². The molecule has 1 rings (SSSR count). The van der Waals surface area contributed by atoms with E-state index in [1.54, 1.807) is 0 Å². The average molecular weight is 249 g/mol. The van der Waals surface area contributed by atoms with Gasteiger partial charge in [-0.05, 0) is 27.6 Å². The highest BCUT2D eigenvalue weighted by Gasteiger charge is 2.16. The van der Waals surface area contributed by atoms with Crippen molar-refractivity contribution in [3.8, 4) is 0 Å². The fraction of sp³-hybridized carbons (Fsp3) is 0.143. The lowest BCUT2D eigenvalue weighted by Gasteiger charge is -2.00. The van der Waals surface area contributed by atoms with Crippen LogP contribution in [0, 0.1) is 15.9 Å². The van der Waals surface area contributed by atoms with Crippen molar-refractivity contribution in [2.75, 3.05) is 0 Å². The normalized spacial score (nSPS) is 10.1. The zero-order chi connectivity index (χ0) is 10.0. The van der Waals surface area contributed by atoms with E-state index in [0.29, 0.717) is 5.56 Å². The first-order valence-electron chi connectivity index (χ1n) is 3.38. The molecule has 0 spiro atoms. The molecule has 1 aromatic carbocycles. The number of hydrogen-bond donors (Lipinski definition) is 1. The van der Waals surface area contributed by atoms with Gasteiger partial charge in [0.25, 0.3) is 5.69 Å². The zero-order valence-corrected chi connectivity index (χ0v) is 8.04. The molecule has 0 fully saturated rings. The molecule has 70 valence electrons. The maximum Gasteiger partial charge on any atom is 0.286 e. The highest BCUT2D eigenvalue weighted by molar-refractivity contribution is 9.10. The molecule has 13 heavy (non-hydrogen) atoms. The van der Waals surface area contributed by atoms with E-state index in [4.69, 9.17) is 5.73 Å². The van der Waals surface area contributed by atoms with Crippen LogP contribution in [0.15, 0.2) is 16.6 Å². The average Bonchev–Trinajstić information content (AvgIpc) is 2.09. The molecule has 0 aliphatic rings. The molecule has 0 saturated carbocycles. The number of nitro groups is 1. The SMILES string of the molecule is NCc1cc(F)c(Br)c([N+](=O)[O-])c1. The third-order valence-corrected chi connectivity index (χ3v) is 2.29. The van der Waals surface area contributed by atoms with Crippen LogP contribution in [0.3, 0.4) is 0 Å². The summed E-state index contributed by atoms with van der Waals surface area (Å²) in [6.07, 6.45) is 0. The first kappa shape index (κ1) is 10.1. The van der Waals surface area contributed by atoms with Gasteiger partial charge < -0.3 is 5.73 Å². The fourth-order valence-electron chi connectivity index (χ4n) is 0.880. The summed E-state index contributed by atoms with van der Waals surface area (Å²) >= 11 is 2.79. The summed E-state index contributed by atoms with van der Waals surface area (Å²) in [4.78, 5) is 9.75. The fourth-order valence-corrected chi connectivity index (χ4v) is 1.25. The van der Waals surface area contributed by atoms with Gasteiger partial charge in [-0.15, -0.1) is 0 Å². The molecule has 0 saturated heterocycles. The van der Waals surface area contributed by atoms with Gasteiger partial charge in [-0.25, -0.2) is 4.39 Å². The summed E-state index contributed by atoms with van der Waals surface area (Å²) in [5, 5.41) is 10.4. The van der Waals surface area contributed by atoms with Crippen molar-refractivity contribution in [1.82, 2.24) is 0 Å². The third-order valence-electron chi connectivity index (χ3n) is 1.50. The van der Waals surface area contributed by atoms with E-state index in [1.165, 1.54) is 6.07 Å². The number of nitro benzene ring substituents is 1. The van der Waals surface area contributed by atoms with Gasteiger partial charge in [0.05, 0.1) is 4.92 Å². The minimum atomic E-state index is -0.672. The topological polar surface area (TPSA) is 69.2 Å². The predicted octanol–water partition coefficient (Wildman–Crippen LogP) is 1.96. The van der Waals surface area contributed by atoms with Crippen molar-refractivity contribution in [3.05, 3.63) is 38.1 Å². The molecule has 0 atom stereocenters. The Kier molecular flexibility index (Phi) is 2.94. The summed E-state index contributed by atoms with van der Waals surface area (Å²) in [7, 11) is 0. The highest BCUT2D eigenvalue weighted by atomic mass is 79.9. The Morgan fingerprint density at radius 3 is 2.69 bits per heavy atom. The Hall–Kier alpha value is -1.01. The number of nitrogens with zero attached hydrogens (tertiary/aromatic N) is 1. The van der Waals surface area contributed by atoms with Crippen LogP contribution in [0.5, 0.6) is 0 Å². The van der Waals surface area contributed by atoms with Crippen LogP contribution in [0.1, 0.15) is 5.56 Å². The summed E-state index contributed by atoms with van der Waals surface area (Å²) in [6.45, 7) is 0.0744. The summed E-state index contributed by atoms with van der Waals surface area (Å²) in [6, 6.07) is 2.41. The lowest BCUT2D eigenvalue weighted by Crippen LogP contribution is -2.00. The number of halogens is 2. The van der Waals surface area contributed by atoms with E-state index in [1.807, 2.05) is 0 Å². The number of nitrogens with two attached hydrogens (primary N) is 1. The van der Waals surface area contributed by atoms with Crippen LogP contribution >= 0.6 is 15.9 Å². The van der Waals surface area contributed by atoms with Crippen LogP contribution in [-0.2, 0) is 6.54 Å². The molecule has 1 aromatic rings. The maximum atomic E-state index is 13.0. The van der Waals surface area contributed by atoms with Crippen LogP contribution in [-0.4, -0.2) is 4.92 Å². The van der Waals surface area contributed by atoms with Crippen LogP contribution in [0.2, 0.25) is 0 Å². The second-order valence-corrected chi connectivity index (χ2v) is 3.16. The summed E-state index contributed by atoms with van der Waals surface area (Å²) < 4.78 is 12.8. The van der Waals surface area contributed by atoms with Gasteiger partial charge in [0.15, 0.2) is 0 Å². The Morgan fingerprint density at radius 2 is 2.23 bits per heavy atom. The lowest BCUT2D eigenvalue weighted by atomic mass is 10.2. The van der Waals surface area contributed by atoms with E-state index < -0.39 is 10.7 Å². The Balaban J connectivity index is 3.33. The van der Waals surface area contributed by atoms with Gasteiger partial charge in [0.2, 0.25) is 0 Å². The molecule has 0 aliphatic carbocycles. The zero-order valence-electron chi connectivity index (χ0n) is 6.46. The molecule has 2 N–H and O–H groups in total. The highest BCUT2D eigenvalue weighted by Crippen LogP contribution is 2.28. The van der Waals surface area contributed by atoms with Crippen molar-refractivity contribution in [1.29, 1.82) is 0 Å². The van der Waals surface area contributed by atoms with Crippen molar-refractivity contribution < 1.29 is 9.31 Å². The Labute approximate surface area is 81.8 Å². The van der Waals surface area contributed by atoms with Crippen LogP contribution in [0.25, 0.3) is 0 Å². The summed E-state index contributed by atoms with van der Waals surface area (Å²) in [5.41, 5.74) is 5.32. The quantitative estimate of drug-likeness (QED) is 0.643. The van der Waals surface area contributed by atoms with E-state index in [2.05, 4.69) is 15.9 Å². The number of hydrogen-bond acceptors (Lipinski definition) is 3. The molecule has 0 heterocycles. The Morgan fingerprint density at radius 1 is 1.62 bits per heavy atom. The molecule has 0 amide bonds. The van der Waals surface area contributed by atoms with Gasteiger partial charge in [0, 0.05) is 12.6 Å². The van der Waals surface area contributed by atoms with E-state index in [9.17, 15) is 14.5 Å². The summed E-state index contributed by atoms with van der Waals surface area (Å²) in [5.74, 6) is -0.672. The van der Waals surface area contributed by atoms with Crippen molar-refractivity contribution in [3.63, 3.8) is 0 Å². The molecule has 0 aromatic heterocycles. The first-order chi connectivity index (χ1) is 6.06. The van der Waals surface area contributed by atoms with Crippen molar-refractivity contribution in [2.24, 2.45) is 5.73 Å². The molecule has 0 unspecified atom stereocenters. The van der Waals surface area contributed by atoms with Crippen molar-refractivity contribution in [2.45, 2.75) is 6.54 Å². The third kappa shape index (κ3) is 2.02. The predicted molar refractivity (Wildman–Crippen MR) is 48.6 cm³/mol. The largest absolute Gasteiger partial charge is 0.326 e. The van der Waals surface area contributed by atoms with Gasteiger partial charge in [-0.2, -0.15) is 0 Å². The molecule has 6 heteroatoms. The number of rotatable bonds is 2. The van der Waals surface area contributed by atoms with Crippen LogP contribution < -0.4 is 5.73 Å². The smallest absolute Gasteiger partial charge is 0.286 e. The van der Waals surface area contributed by atoms with Gasteiger partial charge in [-0.3, -0.25) is 10.1 Å². The second-order valence-electron chi connectivity index (χ2n) is 2.37. The molecule has 4 nitrogen and oxygen atoms in total. The number of benzene rings is 1. The molecular formula is C7H6BrFN2O2. The molecule has 0 aliphatic heterocycles. The van der Waals surface area contributed by atoms with Crippen molar-refractivity contribution >= 4 is 21.6 Å². The molecule has 0 bridgehead atoms. The van der Waals surface area contributed by atoms with Crippen LogP contribution in [0.4, 0.5) is 10.1 Å². The molecule has 0 radical (unpaired) electrons. The standard InChI is InChI=1S/C7H6BrFN2O2/c8-7-5(9)1-4(3-10)2-6(7)11(12)13/h1-2H,3,10H2. The van der Waals surface area contributed by atoms with E-state index in [0.717, 1.165) is 6.07 Å². The minimum absolute atomic E-state index is 0.0744. The monoisotopic (exact) mass is 248 g/mol. The minimum Gasteiger partial charge on any atom is -0.326 e. The first-order valence-corrected chi connectivity index (χ1v) is 4.18. The van der Waals surface area contributed by atoms with E-state index >= 15 is 0 Å².